The lowest BCUT2D eigenvalue weighted by Crippen LogP contribution is -2.39. The van der Waals surface area contributed by atoms with E-state index in [4.69, 9.17) is 10.2 Å². The Kier molecular flexibility index (Phi) is 6.74. The molecule has 0 aromatic heterocycles. The Labute approximate surface area is 126 Å². The number of amides is 1. The second-order valence-electron chi connectivity index (χ2n) is 4.45. The van der Waals surface area contributed by atoms with Gasteiger partial charge in [-0.3, -0.25) is 14.4 Å². The zero-order valence-electron chi connectivity index (χ0n) is 11.6. The second kappa shape index (κ2) is 8.31. The van der Waals surface area contributed by atoms with Crippen molar-refractivity contribution in [3.8, 4) is 0 Å². The van der Waals surface area contributed by atoms with Crippen LogP contribution in [0.3, 0.4) is 0 Å². The molecule has 0 unspecified atom stereocenters. The maximum Gasteiger partial charge on any atom is 0.323 e. The van der Waals surface area contributed by atoms with Crippen LogP contribution in [0.2, 0.25) is 0 Å². The van der Waals surface area contributed by atoms with Crippen LogP contribution in [0, 0.1) is 6.92 Å². The molecule has 0 saturated heterocycles. The number of nitrogens with zero attached hydrogens (tertiary/aromatic N) is 1. The number of thioether (sulfide) groups is 1. The molecule has 0 radical (unpaired) electrons. The van der Waals surface area contributed by atoms with Crippen LogP contribution in [0.5, 0.6) is 0 Å². The smallest absolute Gasteiger partial charge is 0.323 e. The van der Waals surface area contributed by atoms with Crippen molar-refractivity contribution in [3.05, 3.63) is 29.8 Å². The van der Waals surface area contributed by atoms with E-state index in [-0.39, 0.29) is 6.42 Å². The molecule has 1 rings (SSSR count). The maximum absolute atomic E-state index is 11.8. The predicted molar refractivity (Wildman–Crippen MR) is 78.4 cm³/mol. The standard InChI is InChI=1S/C14H17NO5S/c1-10-2-4-11(5-3-10)21-7-6-12(16)15(8-13(17)18)9-14(19)20/h2-5H,6-9H2,1H3,(H,17,18)(H,19,20). The molecule has 1 amide bonds. The van der Waals surface area contributed by atoms with E-state index in [2.05, 4.69) is 0 Å². The summed E-state index contributed by atoms with van der Waals surface area (Å²) in [5, 5.41) is 17.4. The zero-order chi connectivity index (χ0) is 15.8. The van der Waals surface area contributed by atoms with Gasteiger partial charge in [-0.2, -0.15) is 0 Å². The molecule has 1 aromatic carbocycles. The van der Waals surface area contributed by atoms with Crippen LogP contribution in [0.1, 0.15) is 12.0 Å². The third-order valence-corrected chi connectivity index (χ3v) is 3.62. The molecule has 0 aliphatic rings. The van der Waals surface area contributed by atoms with Crippen LogP contribution < -0.4 is 0 Å². The van der Waals surface area contributed by atoms with E-state index in [0.29, 0.717) is 5.75 Å². The molecule has 0 fully saturated rings. The van der Waals surface area contributed by atoms with Crippen molar-refractivity contribution >= 4 is 29.6 Å². The van der Waals surface area contributed by atoms with Gasteiger partial charge in [-0.25, -0.2) is 0 Å². The van der Waals surface area contributed by atoms with Gasteiger partial charge in [0.1, 0.15) is 13.1 Å². The molecule has 0 atom stereocenters. The van der Waals surface area contributed by atoms with Crippen molar-refractivity contribution in [2.24, 2.45) is 0 Å². The summed E-state index contributed by atoms with van der Waals surface area (Å²) in [7, 11) is 0. The molecular weight excluding hydrogens is 294 g/mol. The summed E-state index contributed by atoms with van der Waals surface area (Å²) in [6.07, 6.45) is 0.0963. The highest BCUT2D eigenvalue weighted by Gasteiger charge is 2.19. The van der Waals surface area contributed by atoms with Gasteiger partial charge in [-0.05, 0) is 19.1 Å². The van der Waals surface area contributed by atoms with Gasteiger partial charge < -0.3 is 15.1 Å². The first-order valence-corrected chi connectivity index (χ1v) is 7.28. The highest BCUT2D eigenvalue weighted by molar-refractivity contribution is 7.99. The number of carbonyl (C=O) groups excluding carboxylic acids is 1. The SMILES string of the molecule is Cc1ccc(SCCC(=O)N(CC(=O)O)CC(=O)O)cc1. The minimum Gasteiger partial charge on any atom is -0.480 e. The molecule has 0 bridgehead atoms. The van der Waals surface area contributed by atoms with Crippen LogP contribution in [0.15, 0.2) is 29.2 Å². The normalized spacial score (nSPS) is 10.1. The van der Waals surface area contributed by atoms with Gasteiger partial charge in [-0.1, -0.05) is 17.7 Å². The van der Waals surface area contributed by atoms with Crippen molar-refractivity contribution < 1.29 is 24.6 Å². The minimum atomic E-state index is -1.23. The first-order chi connectivity index (χ1) is 9.88. The summed E-state index contributed by atoms with van der Waals surface area (Å²) in [5.41, 5.74) is 1.14. The van der Waals surface area contributed by atoms with Gasteiger partial charge >= 0.3 is 11.9 Å². The van der Waals surface area contributed by atoms with E-state index in [9.17, 15) is 14.4 Å². The van der Waals surface area contributed by atoms with Crippen molar-refractivity contribution in [2.45, 2.75) is 18.2 Å². The first-order valence-electron chi connectivity index (χ1n) is 6.29. The first kappa shape index (κ1) is 17.0. The Morgan fingerprint density at radius 2 is 1.57 bits per heavy atom. The summed E-state index contributed by atoms with van der Waals surface area (Å²) < 4.78 is 0. The summed E-state index contributed by atoms with van der Waals surface area (Å²) in [5.74, 6) is -2.46. The Morgan fingerprint density at radius 3 is 2.05 bits per heavy atom. The molecule has 0 aliphatic carbocycles. The Bertz CT molecular complexity index is 499. The van der Waals surface area contributed by atoms with Crippen molar-refractivity contribution in [1.82, 2.24) is 4.90 Å². The monoisotopic (exact) mass is 311 g/mol. The molecule has 6 nitrogen and oxygen atoms in total. The lowest BCUT2D eigenvalue weighted by molar-refractivity contribution is -0.149. The fraction of sp³-hybridized carbons (Fsp3) is 0.357. The molecule has 7 heteroatoms. The van der Waals surface area contributed by atoms with Crippen LogP contribution in [-0.4, -0.2) is 51.8 Å². The van der Waals surface area contributed by atoms with Gasteiger partial charge in [0.25, 0.3) is 0 Å². The summed E-state index contributed by atoms with van der Waals surface area (Å²) in [4.78, 5) is 35.0. The summed E-state index contributed by atoms with van der Waals surface area (Å²) in [6, 6.07) is 7.81. The number of rotatable bonds is 8. The number of carbonyl (C=O) groups is 3. The number of carboxylic acid groups (broad SMARTS) is 2. The average molecular weight is 311 g/mol. The van der Waals surface area contributed by atoms with Crippen molar-refractivity contribution in [3.63, 3.8) is 0 Å². The molecule has 0 saturated carbocycles. The quantitative estimate of drug-likeness (QED) is 0.706. The van der Waals surface area contributed by atoms with E-state index in [1.807, 2.05) is 31.2 Å². The topological polar surface area (TPSA) is 94.9 Å². The maximum atomic E-state index is 11.8. The Morgan fingerprint density at radius 1 is 1.05 bits per heavy atom. The lowest BCUT2D eigenvalue weighted by atomic mass is 10.2. The number of hydrogen-bond donors (Lipinski definition) is 2. The molecule has 21 heavy (non-hydrogen) atoms. The van der Waals surface area contributed by atoms with Gasteiger partial charge in [-0.15, -0.1) is 11.8 Å². The van der Waals surface area contributed by atoms with Gasteiger partial charge in [0, 0.05) is 17.1 Å². The van der Waals surface area contributed by atoms with E-state index in [0.717, 1.165) is 15.4 Å². The highest BCUT2D eigenvalue weighted by Crippen LogP contribution is 2.19. The number of benzene rings is 1. The molecule has 2 N–H and O–H groups in total. The van der Waals surface area contributed by atoms with Crippen molar-refractivity contribution in [1.29, 1.82) is 0 Å². The molecule has 0 heterocycles. The Balaban J connectivity index is 2.47. The van der Waals surface area contributed by atoms with Gasteiger partial charge in [0.05, 0.1) is 0 Å². The molecule has 0 spiro atoms. The van der Waals surface area contributed by atoms with Crippen LogP contribution in [0.25, 0.3) is 0 Å². The average Bonchev–Trinajstić information content (AvgIpc) is 2.39. The van der Waals surface area contributed by atoms with Crippen LogP contribution >= 0.6 is 11.8 Å². The van der Waals surface area contributed by atoms with E-state index in [1.54, 1.807) is 0 Å². The Hall–Kier alpha value is -2.02. The molecule has 114 valence electrons. The van der Waals surface area contributed by atoms with Gasteiger partial charge in [0.2, 0.25) is 5.91 Å². The van der Waals surface area contributed by atoms with Crippen molar-refractivity contribution in [2.75, 3.05) is 18.8 Å². The predicted octanol–water partition coefficient (Wildman–Crippen LogP) is 1.48. The summed E-state index contributed by atoms with van der Waals surface area (Å²) >= 11 is 1.47. The number of aryl methyl sites for hydroxylation is 1. The van der Waals surface area contributed by atoms with Crippen LogP contribution in [0.4, 0.5) is 0 Å². The fourth-order valence-electron chi connectivity index (χ4n) is 1.61. The lowest BCUT2D eigenvalue weighted by Gasteiger charge is -2.18. The third kappa shape index (κ3) is 6.80. The number of aliphatic carboxylic acids is 2. The van der Waals surface area contributed by atoms with Gasteiger partial charge in [0.15, 0.2) is 0 Å². The van der Waals surface area contributed by atoms with E-state index >= 15 is 0 Å². The second-order valence-corrected chi connectivity index (χ2v) is 5.62. The number of carboxylic acids is 2. The molecule has 1 aromatic rings. The molecule has 0 aliphatic heterocycles. The molecular formula is C14H17NO5S. The summed E-state index contributed by atoms with van der Waals surface area (Å²) in [6.45, 7) is 0.786. The minimum absolute atomic E-state index is 0.0963. The zero-order valence-corrected chi connectivity index (χ0v) is 12.4. The fourth-order valence-corrected chi connectivity index (χ4v) is 2.45. The van der Waals surface area contributed by atoms with Crippen LogP contribution in [-0.2, 0) is 14.4 Å². The van der Waals surface area contributed by atoms with E-state index in [1.165, 1.54) is 11.8 Å². The van der Waals surface area contributed by atoms with E-state index < -0.39 is 30.9 Å². The largest absolute Gasteiger partial charge is 0.480 e. The highest BCUT2D eigenvalue weighted by atomic mass is 32.2. The number of hydrogen-bond acceptors (Lipinski definition) is 4. The third-order valence-electron chi connectivity index (χ3n) is 2.61.